The van der Waals surface area contributed by atoms with Gasteiger partial charge in [-0.25, -0.2) is 0 Å². The maximum absolute atomic E-state index is 12.0. The topological polar surface area (TPSA) is 42.2 Å². The van der Waals surface area contributed by atoms with Crippen molar-refractivity contribution < 1.29 is 9.21 Å². The molecule has 2 rings (SSSR count). The first-order valence-corrected chi connectivity index (χ1v) is 5.52. The number of para-hydroxylation sites is 1. The van der Waals surface area contributed by atoms with Gasteiger partial charge in [0.2, 0.25) is 0 Å². The molecule has 17 heavy (non-hydrogen) atoms. The zero-order chi connectivity index (χ0) is 12.4. The largest absolute Gasteiger partial charge is 0.456 e. The van der Waals surface area contributed by atoms with Crippen LogP contribution in [0.5, 0.6) is 0 Å². The van der Waals surface area contributed by atoms with Crippen molar-refractivity contribution in [3.8, 4) is 0 Å². The van der Waals surface area contributed by atoms with Crippen LogP contribution in [0.25, 0.3) is 0 Å². The van der Waals surface area contributed by atoms with Crippen LogP contribution in [0.3, 0.4) is 0 Å². The van der Waals surface area contributed by atoms with E-state index in [-0.39, 0.29) is 5.91 Å². The summed E-state index contributed by atoms with van der Waals surface area (Å²) >= 11 is 0. The van der Waals surface area contributed by atoms with E-state index >= 15 is 0 Å². The van der Waals surface area contributed by atoms with E-state index in [4.69, 9.17) is 4.42 Å². The van der Waals surface area contributed by atoms with E-state index in [0.29, 0.717) is 5.76 Å². The predicted octanol–water partition coefficient (Wildman–Crippen LogP) is 3.46. The van der Waals surface area contributed by atoms with Crippen molar-refractivity contribution in [2.45, 2.75) is 20.8 Å². The molecule has 0 radical (unpaired) electrons. The van der Waals surface area contributed by atoms with E-state index in [0.717, 1.165) is 22.6 Å². The van der Waals surface area contributed by atoms with Gasteiger partial charge in [-0.1, -0.05) is 18.2 Å². The lowest BCUT2D eigenvalue weighted by Gasteiger charge is -2.03. The molecule has 0 fully saturated rings. The maximum Gasteiger partial charge on any atom is 0.291 e. The first-order valence-electron chi connectivity index (χ1n) is 5.52. The van der Waals surface area contributed by atoms with Gasteiger partial charge in [0.05, 0.1) is 0 Å². The number of furan rings is 1. The summed E-state index contributed by atoms with van der Waals surface area (Å²) < 4.78 is 5.47. The second-order valence-electron chi connectivity index (χ2n) is 4.06. The highest BCUT2D eigenvalue weighted by molar-refractivity contribution is 6.03. The molecule has 3 heteroatoms. The van der Waals surface area contributed by atoms with E-state index in [1.807, 2.05) is 51.1 Å². The summed E-state index contributed by atoms with van der Waals surface area (Å²) in [5.74, 6) is 0.981. The molecule has 0 aliphatic heterocycles. The van der Waals surface area contributed by atoms with Crippen molar-refractivity contribution >= 4 is 11.6 Å². The monoisotopic (exact) mass is 229 g/mol. The molecule has 1 aromatic carbocycles. The zero-order valence-corrected chi connectivity index (χ0v) is 10.2. The lowest BCUT2D eigenvalue weighted by atomic mass is 10.1. The minimum absolute atomic E-state index is 0.204. The summed E-state index contributed by atoms with van der Waals surface area (Å²) in [6.07, 6.45) is 0. The number of carbonyl (C=O) groups is 1. The van der Waals surface area contributed by atoms with Gasteiger partial charge in [-0.05, 0) is 38.5 Å². The molecular formula is C14H15NO2. The lowest BCUT2D eigenvalue weighted by Crippen LogP contribution is -2.12. The molecule has 3 nitrogen and oxygen atoms in total. The van der Waals surface area contributed by atoms with Gasteiger partial charge in [0.15, 0.2) is 5.76 Å². The Labute approximate surface area is 100 Å². The number of anilines is 1. The van der Waals surface area contributed by atoms with Gasteiger partial charge in [0.1, 0.15) is 5.76 Å². The summed E-state index contributed by atoms with van der Waals surface area (Å²) in [7, 11) is 0. The van der Waals surface area contributed by atoms with Crippen LogP contribution >= 0.6 is 0 Å². The van der Waals surface area contributed by atoms with Crippen molar-refractivity contribution in [2.24, 2.45) is 0 Å². The molecule has 0 atom stereocenters. The van der Waals surface area contributed by atoms with Crippen LogP contribution in [-0.4, -0.2) is 5.91 Å². The van der Waals surface area contributed by atoms with Crippen LogP contribution in [-0.2, 0) is 0 Å². The van der Waals surface area contributed by atoms with Crippen molar-refractivity contribution in [1.29, 1.82) is 0 Å². The van der Waals surface area contributed by atoms with E-state index in [9.17, 15) is 4.79 Å². The minimum Gasteiger partial charge on any atom is -0.456 e. The van der Waals surface area contributed by atoms with Gasteiger partial charge in [0.25, 0.3) is 5.91 Å². The Morgan fingerprint density at radius 3 is 2.24 bits per heavy atom. The van der Waals surface area contributed by atoms with Gasteiger partial charge in [-0.3, -0.25) is 4.79 Å². The van der Waals surface area contributed by atoms with Crippen LogP contribution in [0.15, 0.2) is 34.7 Å². The van der Waals surface area contributed by atoms with Crippen molar-refractivity contribution in [2.75, 3.05) is 5.32 Å². The molecule has 0 aliphatic carbocycles. The van der Waals surface area contributed by atoms with E-state index in [1.54, 1.807) is 0 Å². The molecular weight excluding hydrogens is 214 g/mol. The Bertz CT molecular complexity index is 541. The van der Waals surface area contributed by atoms with Crippen molar-refractivity contribution in [3.05, 3.63) is 53.0 Å². The lowest BCUT2D eigenvalue weighted by molar-refractivity contribution is 0.0994. The third kappa shape index (κ3) is 2.23. The summed E-state index contributed by atoms with van der Waals surface area (Å²) in [4.78, 5) is 12.0. The van der Waals surface area contributed by atoms with Gasteiger partial charge in [-0.15, -0.1) is 0 Å². The second kappa shape index (κ2) is 4.45. The summed E-state index contributed by atoms with van der Waals surface area (Å²) in [6, 6.07) is 9.34. The highest BCUT2D eigenvalue weighted by Crippen LogP contribution is 2.21. The van der Waals surface area contributed by atoms with Gasteiger partial charge in [0, 0.05) is 11.3 Å². The van der Waals surface area contributed by atoms with Crippen LogP contribution in [0.4, 0.5) is 5.69 Å². The molecule has 0 saturated heterocycles. The van der Waals surface area contributed by atoms with E-state index in [1.165, 1.54) is 0 Å². The Morgan fingerprint density at radius 1 is 1.06 bits per heavy atom. The number of rotatable bonds is 2. The highest BCUT2D eigenvalue weighted by Gasteiger charge is 2.17. The molecule has 88 valence electrons. The first kappa shape index (κ1) is 11.5. The Balaban J connectivity index is 2.24. The minimum atomic E-state index is -0.204. The molecule has 0 spiro atoms. The number of carbonyl (C=O) groups excluding carboxylic acids is 1. The third-order valence-electron chi connectivity index (χ3n) is 2.92. The van der Waals surface area contributed by atoms with E-state index in [2.05, 4.69) is 5.32 Å². The van der Waals surface area contributed by atoms with Crippen LogP contribution < -0.4 is 5.32 Å². The predicted molar refractivity (Wildman–Crippen MR) is 67.3 cm³/mol. The maximum atomic E-state index is 12.0. The van der Waals surface area contributed by atoms with Crippen molar-refractivity contribution in [3.63, 3.8) is 0 Å². The third-order valence-corrected chi connectivity index (χ3v) is 2.92. The molecule has 1 heterocycles. The smallest absolute Gasteiger partial charge is 0.291 e. The quantitative estimate of drug-likeness (QED) is 0.856. The number of aryl methyl sites for hydroxylation is 1. The number of amides is 1. The Hall–Kier alpha value is -2.03. The standard InChI is InChI=1S/C14H15NO2/c1-9-10(2)13(17-11(9)3)14(16)15-12-7-5-4-6-8-12/h4-8H,1-3H3,(H,15,16). The number of nitrogens with one attached hydrogen (secondary N) is 1. The average molecular weight is 229 g/mol. The Morgan fingerprint density at radius 2 is 1.71 bits per heavy atom. The molecule has 1 amide bonds. The van der Waals surface area contributed by atoms with Gasteiger partial charge in [-0.2, -0.15) is 0 Å². The molecule has 1 aromatic heterocycles. The average Bonchev–Trinajstić information content (AvgIpc) is 2.58. The van der Waals surface area contributed by atoms with Gasteiger partial charge < -0.3 is 9.73 Å². The first-order chi connectivity index (χ1) is 8.09. The number of hydrogen-bond acceptors (Lipinski definition) is 2. The highest BCUT2D eigenvalue weighted by atomic mass is 16.4. The van der Waals surface area contributed by atoms with Crippen LogP contribution in [0.2, 0.25) is 0 Å². The van der Waals surface area contributed by atoms with Crippen molar-refractivity contribution in [1.82, 2.24) is 0 Å². The summed E-state index contributed by atoms with van der Waals surface area (Å²) in [5.41, 5.74) is 2.70. The summed E-state index contributed by atoms with van der Waals surface area (Å²) in [6.45, 7) is 5.71. The fourth-order valence-electron chi connectivity index (χ4n) is 1.67. The molecule has 1 N–H and O–H groups in total. The fraction of sp³-hybridized carbons (Fsp3) is 0.214. The van der Waals surface area contributed by atoms with Crippen LogP contribution in [0, 0.1) is 20.8 Å². The number of hydrogen-bond donors (Lipinski definition) is 1. The molecule has 0 bridgehead atoms. The molecule has 0 unspecified atom stereocenters. The normalized spacial score (nSPS) is 10.3. The second-order valence-corrected chi connectivity index (χ2v) is 4.06. The van der Waals surface area contributed by atoms with E-state index < -0.39 is 0 Å². The Kier molecular flexibility index (Phi) is 3.00. The molecule has 2 aromatic rings. The number of benzene rings is 1. The SMILES string of the molecule is Cc1oc(C(=O)Nc2ccccc2)c(C)c1C. The zero-order valence-electron chi connectivity index (χ0n) is 10.2. The van der Waals surface area contributed by atoms with Gasteiger partial charge >= 0.3 is 0 Å². The van der Waals surface area contributed by atoms with Crippen LogP contribution in [0.1, 0.15) is 27.4 Å². The summed E-state index contributed by atoms with van der Waals surface area (Å²) in [5, 5.41) is 2.81. The fourth-order valence-corrected chi connectivity index (χ4v) is 1.67. The molecule has 0 saturated carbocycles. The molecule has 0 aliphatic rings.